The third-order valence-electron chi connectivity index (χ3n) is 4.46. The molecule has 0 saturated carbocycles. The number of aryl methyl sites for hydroxylation is 1. The van der Waals surface area contributed by atoms with Crippen LogP contribution in [0.4, 0.5) is 0 Å². The van der Waals surface area contributed by atoms with E-state index in [9.17, 15) is 0 Å². The van der Waals surface area contributed by atoms with Crippen molar-refractivity contribution >= 4 is 34.8 Å². The molecule has 2 nitrogen and oxygen atoms in total. The second kappa shape index (κ2) is 8.87. The molecule has 0 fully saturated rings. The first-order valence-electron chi connectivity index (χ1n) is 9.17. The molecule has 1 heterocycles. The zero-order valence-electron chi connectivity index (χ0n) is 14.8. The van der Waals surface area contributed by atoms with Crippen LogP contribution >= 0.6 is 11.6 Å². The van der Waals surface area contributed by atoms with Crippen LogP contribution in [-0.2, 0) is 6.54 Å². The monoisotopic (exact) mass is 352 g/mol. The minimum Gasteiger partial charge on any atom is -0.324 e. The number of rotatable bonds is 8. The van der Waals surface area contributed by atoms with Gasteiger partial charge in [0.05, 0.1) is 11.0 Å². The van der Waals surface area contributed by atoms with Gasteiger partial charge in [-0.3, -0.25) is 0 Å². The van der Waals surface area contributed by atoms with E-state index in [-0.39, 0.29) is 0 Å². The van der Waals surface area contributed by atoms with Gasteiger partial charge in [-0.2, -0.15) is 0 Å². The maximum atomic E-state index is 5.96. The lowest BCUT2D eigenvalue weighted by atomic mass is 10.1. The van der Waals surface area contributed by atoms with Crippen molar-refractivity contribution in [2.75, 3.05) is 0 Å². The third-order valence-corrected chi connectivity index (χ3v) is 4.72. The van der Waals surface area contributed by atoms with E-state index >= 15 is 0 Å². The number of nitrogens with zero attached hydrogens (tertiary/aromatic N) is 2. The molecule has 3 aromatic rings. The fraction of sp³-hybridized carbons (Fsp3) is 0.318. The van der Waals surface area contributed by atoms with Crippen LogP contribution in [0.15, 0.2) is 48.5 Å². The normalized spacial score (nSPS) is 11.6. The highest BCUT2D eigenvalue weighted by atomic mass is 35.5. The Morgan fingerprint density at radius 2 is 1.68 bits per heavy atom. The van der Waals surface area contributed by atoms with Crippen molar-refractivity contribution in [3.63, 3.8) is 0 Å². The number of unbranched alkanes of at least 4 members (excludes halogenated alkanes) is 4. The highest BCUT2D eigenvalue weighted by Crippen LogP contribution is 2.20. The summed E-state index contributed by atoms with van der Waals surface area (Å²) in [6.07, 6.45) is 10.6. The van der Waals surface area contributed by atoms with Crippen molar-refractivity contribution in [3.05, 3.63) is 64.9 Å². The molecule has 0 N–H and O–H groups in total. The molecule has 25 heavy (non-hydrogen) atoms. The zero-order chi connectivity index (χ0) is 17.5. The molecular formula is C22H25ClN2. The molecule has 0 spiro atoms. The van der Waals surface area contributed by atoms with Crippen LogP contribution in [0.3, 0.4) is 0 Å². The van der Waals surface area contributed by atoms with Gasteiger partial charge in [-0.15, -0.1) is 0 Å². The van der Waals surface area contributed by atoms with E-state index < -0.39 is 0 Å². The van der Waals surface area contributed by atoms with Gasteiger partial charge >= 0.3 is 0 Å². The van der Waals surface area contributed by atoms with Gasteiger partial charge in [0.1, 0.15) is 5.82 Å². The molecule has 130 valence electrons. The van der Waals surface area contributed by atoms with Crippen LogP contribution < -0.4 is 0 Å². The van der Waals surface area contributed by atoms with Gasteiger partial charge in [0.25, 0.3) is 0 Å². The summed E-state index contributed by atoms with van der Waals surface area (Å²) in [5.74, 6) is 1.02. The van der Waals surface area contributed by atoms with E-state index in [1.54, 1.807) is 0 Å². The molecule has 0 saturated heterocycles. The van der Waals surface area contributed by atoms with Gasteiger partial charge in [-0.25, -0.2) is 4.98 Å². The van der Waals surface area contributed by atoms with E-state index in [4.69, 9.17) is 16.6 Å². The van der Waals surface area contributed by atoms with E-state index in [0.717, 1.165) is 28.5 Å². The summed E-state index contributed by atoms with van der Waals surface area (Å²) >= 11 is 5.96. The molecule has 3 heteroatoms. The summed E-state index contributed by atoms with van der Waals surface area (Å²) in [5.41, 5.74) is 3.41. The summed E-state index contributed by atoms with van der Waals surface area (Å²) in [6, 6.07) is 16.3. The number of benzene rings is 2. The Morgan fingerprint density at radius 1 is 0.920 bits per heavy atom. The van der Waals surface area contributed by atoms with Gasteiger partial charge < -0.3 is 4.57 Å². The van der Waals surface area contributed by atoms with Crippen molar-refractivity contribution in [2.24, 2.45) is 0 Å². The van der Waals surface area contributed by atoms with Crippen molar-refractivity contribution in [1.82, 2.24) is 9.55 Å². The quantitative estimate of drug-likeness (QED) is 0.406. The van der Waals surface area contributed by atoms with Gasteiger partial charge in [-0.1, -0.05) is 74.5 Å². The first-order chi connectivity index (χ1) is 12.3. The topological polar surface area (TPSA) is 17.8 Å². The smallest absolute Gasteiger partial charge is 0.133 e. The molecule has 0 radical (unpaired) electrons. The van der Waals surface area contributed by atoms with E-state index in [1.165, 1.54) is 37.6 Å². The standard InChI is InChI=1S/C22H25ClN2/c1-2-3-4-5-8-17-25-21-10-7-6-9-20(21)24-22(25)16-13-18-11-14-19(23)15-12-18/h6-7,9-16H,2-5,8,17H2,1H3/b16-13+. The van der Waals surface area contributed by atoms with Crippen molar-refractivity contribution in [2.45, 2.75) is 45.6 Å². The number of para-hydroxylation sites is 2. The minimum absolute atomic E-state index is 0.761. The highest BCUT2D eigenvalue weighted by molar-refractivity contribution is 6.30. The lowest BCUT2D eigenvalue weighted by molar-refractivity contribution is 0.573. The molecule has 1 aromatic heterocycles. The van der Waals surface area contributed by atoms with Gasteiger partial charge in [0, 0.05) is 11.6 Å². The Labute approximate surface area is 155 Å². The molecule has 3 rings (SSSR count). The molecule has 0 aliphatic carbocycles. The molecule has 0 aliphatic rings. The van der Waals surface area contributed by atoms with Crippen LogP contribution in [0.2, 0.25) is 5.02 Å². The number of fused-ring (bicyclic) bond motifs is 1. The Hall–Kier alpha value is -2.06. The van der Waals surface area contributed by atoms with Crippen molar-refractivity contribution in [1.29, 1.82) is 0 Å². The van der Waals surface area contributed by atoms with Crippen molar-refractivity contribution in [3.8, 4) is 0 Å². The van der Waals surface area contributed by atoms with Crippen LogP contribution in [0.25, 0.3) is 23.2 Å². The summed E-state index contributed by atoms with van der Waals surface area (Å²) in [5, 5.41) is 0.761. The Balaban J connectivity index is 1.80. The number of hydrogen-bond donors (Lipinski definition) is 0. The van der Waals surface area contributed by atoms with Crippen LogP contribution in [-0.4, -0.2) is 9.55 Å². The fourth-order valence-electron chi connectivity index (χ4n) is 3.07. The Bertz CT molecular complexity index is 831. The van der Waals surface area contributed by atoms with Crippen molar-refractivity contribution < 1.29 is 0 Å². The second-order valence-corrected chi connectivity index (χ2v) is 6.85. The SMILES string of the molecule is CCCCCCCn1c(/C=C/c2ccc(Cl)cc2)nc2ccccc21. The molecule has 2 aromatic carbocycles. The summed E-state index contributed by atoms with van der Waals surface area (Å²) < 4.78 is 2.34. The molecule has 0 unspecified atom stereocenters. The largest absolute Gasteiger partial charge is 0.324 e. The maximum Gasteiger partial charge on any atom is 0.133 e. The molecule has 0 amide bonds. The Kier molecular flexibility index (Phi) is 6.30. The van der Waals surface area contributed by atoms with E-state index in [0.29, 0.717) is 0 Å². The number of hydrogen-bond acceptors (Lipinski definition) is 1. The lowest BCUT2D eigenvalue weighted by Gasteiger charge is -2.07. The van der Waals surface area contributed by atoms with Gasteiger partial charge in [0.15, 0.2) is 0 Å². The number of aromatic nitrogens is 2. The predicted molar refractivity (Wildman–Crippen MR) is 109 cm³/mol. The number of imidazole rings is 1. The first-order valence-corrected chi connectivity index (χ1v) is 9.54. The third kappa shape index (κ3) is 4.73. The summed E-state index contributed by atoms with van der Waals surface area (Å²) in [7, 11) is 0. The zero-order valence-corrected chi connectivity index (χ0v) is 15.5. The van der Waals surface area contributed by atoms with Gasteiger partial charge in [-0.05, 0) is 42.3 Å². The van der Waals surface area contributed by atoms with Crippen LogP contribution in [0, 0.1) is 0 Å². The second-order valence-electron chi connectivity index (χ2n) is 6.41. The average molecular weight is 353 g/mol. The molecule has 0 atom stereocenters. The highest BCUT2D eigenvalue weighted by Gasteiger charge is 2.07. The molecule has 0 aliphatic heterocycles. The van der Waals surface area contributed by atoms with Crippen LogP contribution in [0.1, 0.15) is 50.4 Å². The first kappa shape index (κ1) is 17.8. The number of halogens is 1. The average Bonchev–Trinajstić information content (AvgIpc) is 2.99. The van der Waals surface area contributed by atoms with Gasteiger partial charge in [0.2, 0.25) is 0 Å². The minimum atomic E-state index is 0.761. The summed E-state index contributed by atoms with van der Waals surface area (Å²) in [6.45, 7) is 3.27. The predicted octanol–water partition coefficient (Wildman–Crippen LogP) is 6.83. The van der Waals surface area contributed by atoms with E-state index in [1.807, 2.05) is 30.3 Å². The molecule has 0 bridgehead atoms. The fourth-order valence-corrected chi connectivity index (χ4v) is 3.20. The maximum absolute atomic E-state index is 5.96. The lowest BCUT2D eigenvalue weighted by Crippen LogP contribution is -2.00. The van der Waals surface area contributed by atoms with E-state index in [2.05, 4.69) is 41.8 Å². The Morgan fingerprint density at radius 3 is 2.48 bits per heavy atom. The summed E-state index contributed by atoms with van der Waals surface area (Å²) in [4.78, 5) is 4.81. The molecular weight excluding hydrogens is 328 g/mol. The van der Waals surface area contributed by atoms with Crippen LogP contribution in [0.5, 0.6) is 0 Å².